The topological polar surface area (TPSA) is 55.5 Å². The normalized spacial score (nSPS) is 10.4. The van der Waals surface area contributed by atoms with Crippen LogP contribution >= 0.6 is 0 Å². The molecule has 0 saturated heterocycles. The van der Waals surface area contributed by atoms with E-state index in [-0.39, 0.29) is 6.61 Å². The average Bonchev–Trinajstić information content (AvgIpc) is 2.43. The SMILES string of the molecule is Nc1ccc(CCOc2ccccc2CCO)cc1. The molecule has 3 N–H and O–H groups in total. The quantitative estimate of drug-likeness (QED) is 0.781. The Labute approximate surface area is 113 Å². The van der Waals surface area contributed by atoms with E-state index in [1.54, 1.807) is 0 Å². The summed E-state index contributed by atoms with van der Waals surface area (Å²) in [5, 5.41) is 9.01. The fourth-order valence-corrected chi connectivity index (χ4v) is 1.93. The van der Waals surface area contributed by atoms with E-state index >= 15 is 0 Å². The van der Waals surface area contributed by atoms with Gasteiger partial charge in [-0.1, -0.05) is 30.3 Å². The average molecular weight is 257 g/mol. The molecule has 0 aliphatic carbocycles. The molecule has 2 aromatic carbocycles. The van der Waals surface area contributed by atoms with E-state index in [1.807, 2.05) is 48.5 Å². The number of nitrogen functional groups attached to an aromatic ring is 1. The first kappa shape index (κ1) is 13.4. The maximum Gasteiger partial charge on any atom is 0.122 e. The Balaban J connectivity index is 1.90. The van der Waals surface area contributed by atoms with Crippen molar-refractivity contribution >= 4 is 5.69 Å². The van der Waals surface area contributed by atoms with E-state index in [1.165, 1.54) is 5.56 Å². The van der Waals surface area contributed by atoms with Crippen LogP contribution < -0.4 is 10.5 Å². The summed E-state index contributed by atoms with van der Waals surface area (Å²) in [7, 11) is 0. The van der Waals surface area contributed by atoms with E-state index in [9.17, 15) is 0 Å². The van der Waals surface area contributed by atoms with E-state index in [2.05, 4.69) is 0 Å². The zero-order valence-corrected chi connectivity index (χ0v) is 10.9. The first-order valence-electron chi connectivity index (χ1n) is 6.45. The van der Waals surface area contributed by atoms with Crippen molar-refractivity contribution in [3.05, 3.63) is 59.7 Å². The Bertz CT molecular complexity index is 508. The van der Waals surface area contributed by atoms with Gasteiger partial charge in [0, 0.05) is 18.7 Å². The van der Waals surface area contributed by atoms with Crippen molar-refractivity contribution < 1.29 is 9.84 Å². The van der Waals surface area contributed by atoms with Crippen LogP contribution in [-0.2, 0) is 12.8 Å². The van der Waals surface area contributed by atoms with Gasteiger partial charge in [-0.2, -0.15) is 0 Å². The van der Waals surface area contributed by atoms with Gasteiger partial charge in [-0.05, 0) is 35.7 Å². The summed E-state index contributed by atoms with van der Waals surface area (Å²) in [6.45, 7) is 0.755. The number of anilines is 1. The molecule has 0 atom stereocenters. The zero-order valence-electron chi connectivity index (χ0n) is 10.9. The van der Waals surface area contributed by atoms with Crippen molar-refractivity contribution in [2.24, 2.45) is 0 Å². The summed E-state index contributed by atoms with van der Waals surface area (Å²) in [6.07, 6.45) is 1.46. The molecule has 0 unspecified atom stereocenters. The largest absolute Gasteiger partial charge is 0.493 e. The van der Waals surface area contributed by atoms with Gasteiger partial charge in [-0.15, -0.1) is 0 Å². The highest BCUT2D eigenvalue weighted by molar-refractivity contribution is 5.39. The molecule has 2 rings (SSSR count). The molecule has 2 aromatic rings. The highest BCUT2D eigenvalue weighted by atomic mass is 16.5. The lowest BCUT2D eigenvalue weighted by molar-refractivity contribution is 0.289. The molecule has 0 amide bonds. The van der Waals surface area contributed by atoms with Gasteiger partial charge in [0.15, 0.2) is 0 Å². The molecule has 0 radical (unpaired) electrons. The third-order valence-electron chi connectivity index (χ3n) is 2.98. The fraction of sp³-hybridized carbons (Fsp3) is 0.250. The van der Waals surface area contributed by atoms with Crippen molar-refractivity contribution in [1.82, 2.24) is 0 Å². The lowest BCUT2D eigenvalue weighted by atomic mass is 10.1. The molecule has 19 heavy (non-hydrogen) atoms. The lowest BCUT2D eigenvalue weighted by Crippen LogP contribution is -2.04. The molecule has 0 heterocycles. The van der Waals surface area contributed by atoms with Crippen LogP contribution in [0.15, 0.2) is 48.5 Å². The monoisotopic (exact) mass is 257 g/mol. The summed E-state index contributed by atoms with van der Waals surface area (Å²) < 4.78 is 5.78. The van der Waals surface area contributed by atoms with Gasteiger partial charge in [-0.25, -0.2) is 0 Å². The number of aliphatic hydroxyl groups is 1. The third kappa shape index (κ3) is 4.00. The van der Waals surface area contributed by atoms with Crippen LogP contribution in [0.25, 0.3) is 0 Å². The molecule has 0 aliphatic rings. The van der Waals surface area contributed by atoms with Gasteiger partial charge < -0.3 is 15.6 Å². The minimum Gasteiger partial charge on any atom is -0.493 e. The van der Waals surface area contributed by atoms with Crippen LogP contribution in [0.3, 0.4) is 0 Å². The van der Waals surface area contributed by atoms with E-state index < -0.39 is 0 Å². The Kier molecular flexibility index (Phi) is 4.81. The van der Waals surface area contributed by atoms with Gasteiger partial charge in [-0.3, -0.25) is 0 Å². The molecule has 3 nitrogen and oxygen atoms in total. The number of aliphatic hydroxyl groups excluding tert-OH is 1. The van der Waals surface area contributed by atoms with Crippen molar-refractivity contribution in [3.8, 4) is 5.75 Å². The van der Waals surface area contributed by atoms with Gasteiger partial charge >= 0.3 is 0 Å². The van der Waals surface area contributed by atoms with Gasteiger partial charge in [0.1, 0.15) is 5.75 Å². The summed E-state index contributed by atoms with van der Waals surface area (Å²) in [5.41, 5.74) is 8.67. The standard InChI is InChI=1S/C16H19NO2/c17-15-7-5-13(6-8-15)10-12-19-16-4-2-1-3-14(16)9-11-18/h1-8,18H,9-12,17H2. The summed E-state index contributed by atoms with van der Waals surface area (Å²) in [6, 6.07) is 15.6. The van der Waals surface area contributed by atoms with Crippen LogP contribution in [0.1, 0.15) is 11.1 Å². The third-order valence-corrected chi connectivity index (χ3v) is 2.98. The number of ether oxygens (including phenoxy) is 1. The predicted octanol–water partition coefficient (Wildman–Crippen LogP) is 2.43. The van der Waals surface area contributed by atoms with Crippen molar-refractivity contribution in [1.29, 1.82) is 0 Å². The molecule has 0 aromatic heterocycles. The first-order valence-corrected chi connectivity index (χ1v) is 6.45. The van der Waals surface area contributed by atoms with E-state index in [4.69, 9.17) is 15.6 Å². The molecule has 0 bridgehead atoms. The van der Waals surface area contributed by atoms with Crippen LogP contribution in [0.4, 0.5) is 5.69 Å². The number of rotatable bonds is 6. The molecule has 0 aliphatic heterocycles. The second kappa shape index (κ2) is 6.81. The molecule has 100 valence electrons. The van der Waals surface area contributed by atoms with Crippen LogP contribution in [0.5, 0.6) is 5.75 Å². The van der Waals surface area contributed by atoms with Crippen LogP contribution in [0.2, 0.25) is 0 Å². The first-order chi connectivity index (χ1) is 9.29. The van der Waals surface area contributed by atoms with Gasteiger partial charge in [0.25, 0.3) is 0 Å². The van der Waals surface area contributed by atoms with Crippen molar-refractivity contribution in [3.63, 3.8) is 0 Å². The van der Waals surface area contributed by atoms with Crippen LogP contribution in [-0.4, -0.2) is 18.3 Å². The summed E-state index contributed by atoms with van der Waals surface area (Å²) >= 11 is 0. The van der Waals surface area contributed by atoms with Crippen molar-refractivity contribution in [2.75, 3.05) is 18.9 Å². The molecule has 0 saturated carbocycles. The molecular weight excluding hydrogens is 238 g/mol. The zero-order chi connectivity index (χ0) is 13.5. The molecular formula is C16H19NO2. The molecule has 0 spiro atoms. The Morgan fingerprint density at radius 1 is 0.947 bits per heavy atom. The summed E-state index contributed by atoms with van der Waals surface area (Å²) in [4.78, 5) is 0. The van der Waals surface area contributed by atoms with Crippen molar-refractivity contribution in [2.45, 2.75) is 12.8 Å². The Morgan fingerprint density at radius 2 is 1.68 bits per heavy atom. The highest BCUT2D eigenvalue weighted by Gasteiger charge is 2.02. The summed E-state index contributed by atoms with van der Waals surface area (Å²) in [5.74, 6) is 0.854. The second-order valence-electron chi connectivity index (χ2n) is 4.42. The number of benzene rings is 2. The molecule has 3 heteroatoms. The maximum absolute atomic E-state index is 9.01. The van der Waals surface area contributed by atoms with Crippen LogP contribution in [0, 0.1) is 0 Å². The smallest absolute Gasteiger partial charge is 0.122 e. The van der Waals surface area contributed by atoms with Gasteiger partial charge in [0.2, 0.25) is 0 Å². The number of para-hydroxylation sites is 1. The second-order valence-corrected chi connectivity index (χ2v) is 4.42. The molecule has 0 fully saturated rings. The van der Waals surface area contributed by atoms with E-state index in [0.29, 0.717) is 13.0 Å². The number of nitrogens with two attached hydrogens (primary N) is 1. The van der Waals surface area contributed by atoms with E-state index in [0.717, 1.165) is 23.4 Å². The maximum atomic E-state index is 9.01. The Morgan fingerprint density at radius 3 is 2.42 bits per heavy atom. The number of hydrogen-bond donors (Lipinski definition) is 2. The fourth-order valence-electron chi connectivity index (χ4n) is 1.93. The lowest BCUT2D eigenvalue weighted by Gasteiger charge is -2.10. The predicted molar refractivity (Wildman–Crippen MR) is 77.3 cm³/mol. The number of hydrogen-bond acceptors (Lipinski definition) is 3. The Hall–Kier alpha value is -2.00. The minimum absolute atomic E-state index is 0.137. The van der Waals surface area contributed by atoms with Gasteiger partial charge in [0.05, 0.1) is 6.61 Å². The minimum atomic E-state index is 0.137. The highest BCUT2D eigenvalue weighted by Crippen LogP contribution is 2.18.